The molecule has 0 bridgehead atoms. The number of aromatic nitrogens is 4. The molecule has 2 aromatic rings. The summed E-state index contributed by atoms with van der Waals surface area (Å²) in [5.41, 5.74) is 18.4. The number of rotatable bonds is 14. The quantitative estimate of drug-likeness (QED) is 0.0996. The number of ether oxygens (including phenoxy) is 1. The minimum atomic E-state index is -5.71. The van der Waals surface area contributed by atoms with Gasteiger partial charge in [-0.1, -0.05) is 12.8 Å². The minimum Gasteiger partial charge on any atom is -0.390 e. The van der Waals surface area contributed by atoms with Crippen LogP contribution in [-0.4, -0.2) is 69.6 Å². The molecule has 0 saturated carbocycles. The first-order chi connectivity index (χ1) is 17.6. The van der Waals surface area contributed by atoms with Crippen LogP contribution < -0.4 is 17.2 Å². The Balaban J connectivity index is 1.77. The molecule has 5 atom stereocenters. The van der Waals surface area contributed by atoms with E-state index < -0.39 is 48.1 Å². The molecule has 38 heavy (non-hydrogen) atoms. The van der Waals surface area contributed by atoms with E-state index in [1.165, 1.54) is 10.9 Å². The van der Waals surface area contributed by atoms with Crippen molar-refractivity contribution in [2.24, 2.45) is 11.5 Å². The van der Waals surface area contributed by atoms with Gasteiger partial charge in [0.15, 0.2) is 17.0 Å². The van der Waals surface area contributed by atoms with Gasteiger partial charge in [0.25, 0.3) is 0 Å². The largest absolute Gasteiger partial charge is 0.490 e. The molecule has 22 heteroatoms. The van der Waals surface area contributed by atoms with E-state index in [1.54, 1.807) is 0 Å². The lowest BCUT2D eigenvalue weighted by Gasteiger charge is -2.28. The van der Waals surface area contributed by atoms with E-state index in [0.717, 1.165) is 19.3 Å². The molecule has 1 fully saturated rings. The summed E-state index contributed by atoms with van der Waals surface area (Å²) in [6.45, 7) is -0.313. The van der Waals surface area contributed by atoms with Crippen LogP contribution in [0, 0.1) is 0 Å². The van der Waals surface area contributed by atoms with Crippen LogP contribution >= 0.6 is 23.5 Å². The zero-order chi connectivity index (χ0) is 28.4. The van der Waals surface area contributed by atoms with E-state index >= 15 is 0 Å². The number of aliphatic hydroxyl groups excluding tert-OH is 1. The smallest absolute Gasteiger partial charge is 0.390 e. The van der Waals surface area contributed by atoms with Crippen LogP contribution in [0.4, 0.5) is 5.82 Å². The fourth-order valence-corrected chi connectivity index (χ4v) is 6.91. The maximum absolute atomic E-state index is 12.1. The third kappa shape index (κ3) is 8.06. The zero-order valence-electron chi connectivity index (χ0n) is 19.8. The maximum atomic E-state index is 12.1. The van der Waals surface area contributed by atoms with Crippen molar-refractivity contribution in [1.82, 2.24) is 19.5 Å². The van der Waals surface area contributed by atoms with Crippen molar-refractivity contribution in [3.05, 3.63) is 12.2 Å². The topological polar surface area (TPSA) is 311 Å². The number of nitrogens with zero attached hydrogens (tertiary/aromatic N) is 4. The second-order valence-electron chi connectivity index (χ2n) is 8.41. The highest BCUT2D eigenvalue weighted by atomic mass is 31.3. The predicted octanol–water partition coefficient (Wildman–Crippen LogP) is -0.468. The molecule has 19 nitrogen and oxygen atoms in total. The van der Waals surface area contributed by atoms with Crippen molar-refractivity contribution < 1.29 is 56.3 Å². The van der Waals surface area contributed by atoms with Crippen molar-refractivity contribution in [3.63, 3.8) is 0 Å². The number of aryl methyl sites for hydroxylation is 1. The number of aliphatic hydroxyl groups is 1. The Labute approximate surface area is 215 Å². The van der Waals surface area contributed by atoms with Gasteiger partial charge in [-0.2, -0.15) is 8.62 Å². The fraction of sp³-hybridized carbons (Fsp3) is 0.688. The highest BCUT2D eigenvalue weighted by Crippen LogP contribution is 2.66. The monoisotopic (exact) mass is 605 g/mol. The highest BCUT2D eigenvalue weighted by Gasteiger charge is 2.48. The number of unbranched alkanes of at least 4 members (excludes halogenated alkanes) is 3. The molecule has 0 spiro atoms. The van der Waals surface area contributed by atoms with E-state index in [4.69, 9.17) is 31.7 Å². The number of phosphoric acid groups is 3. The SMILES string of the molecule is NCCCCCCc1nc2c(N)ncnc2n1[C@@]1(N)C[C@H](O)[C@@H](COP(=O)(O)OP(=O)(O)OP(=O)(O)O)O1. The van der Waals surface area contributed by atoms with E-state index in [1.807, 2.05) is 0 Å². The average molecular weight is 605 g/mol. The number of anilines is 1. The number of phosphoric ester groups is 1. The summed E-state index contributed by atoms with van der Waals surface area (Å²) in [6.07, 6.45) is 1.98. The minimum absolute atomic E-state index is 0.0875. The molecule has 0 radical (unpaired) electrons. The molecule has 1 aliphatic rings. The molecule has 2 aromatic heterocycles. The van der Waals surface area contributed by atoms with Crippen molar-refractivity contribution in [2.45, 2.75) is 56.6 Å². The van der Waals surface area contributed by atoms with E-state index in [9.17, 15) is 28.6 Å². The van der Waals surface area contributed by atoms with Crippen LogP contribution in [0.25, 0.3) is 11.2 Å². The van der Waals surface area contributed by atoms with Crippen molar-refractivity contribution in [1.29, 1.82) is 0 Å². The molecule has 0 aromatic carbocycles. The number of imidazole rings is 1. The molecular formula is C16H30N7O12P3. The second-order valence-corrected chi connectivity index (χ2v) is 12.8. The number of hydrogen-bond acceptors (Lipinski definition) is 14. The van der Waals surface area contributed by atoms with Gasteiger partial charge in [-0.05, 0) is 19.4 Å². The molecule has 0 amide bonds. The Morgan fingerprint density at radius 2 is 1.76 bits per heavy atom. The summed E-state index contributed by atoms with van der Waals surface area (Å²) < 4.78 is 53.5. The third-order valence-electron chi connectivity index (χ3n) is 5.38. The Morgan fingerprint density at radius 1 is 1.08 bits per heavy atom. The van der Waals surface area contributed by atoms with Gasteiger partial charge in [-0.3, -0.25) is 14.8 Å². The van der Waals surface area contributed by atoms with Crippen LogP contribution in [-0.2, 0) is 43.8 Å². The van der Waals surface area contributed by atoms with E-state index in [2.05, 4.69) is 28.1 Å². The summed E-state index contributed by atoms with van der Waals surface area (Å²) in [5, 5.41) is 10.6. The first kappa shape index (κ1) is 31.1. The van der Waals surface area contributed by atoms with Gasteiger partial charge < -0.3 is 40.9 Å². The lowest BCUT2D eigenvalue weighted by Crippen LogP contribution is -2.44. The maximum Gasteiger partial charge on any atom is 0.490 e. The Bertz CT molecular complexity index is 1270. The lowest BCUT2D eigenvalue weighted by molar-refractivity contribution is -0.111. The third-order valence-corrected chi connectivity index (χ3v) is 9.18. The molecule has 1 aliphatic heterocycles. The van der Waals surface area contributed by atoms with Gasteiger partial charge in [0, 0.05) is 12.8 Å². The lowest BCUT2D eigenvalue weighted by atomic mass is 10.1. The van der Waals surface area contributed by atoms with Gasteiger partial charge in [0.05, 0.1) is 12.7 Å². The Hall–Kier alpha value is -1.40. The van der Waals surface area contributed by atoms with Crippen molar-refractivity contribution in [2.75, 3.05) is 18.9 Å². The normalized spacial score (nSPS) is 25.4. The van der Waals surface area contributed by atoms with Gasteiger partial charge in [0.1, 0.15) is 18.3 Å². The number of fused-ring (bicyclic) bond motifs is 1. The molecule has 216 valence electrons. The summed E-state index contributed by atoms with van der Waals surface area (Å²) in [7, 11) is -16.7. The summed E-state index contributed by atoms with van der Waals surface area (Å²) in [6, 6.07) is 0. The van der Waals surface area contributed by atoms with Crippen LogP contribution in [0.3, 0.4) is 0 Å². The molecule has 11 N–H and O–H groups in total. The zero-order valence-corrected chi connectivity index (χ0v) is 22.5. The predicted molar refractivity (Wildman–Crippen MR) is 128 cm³/mol. The van der Waals surface area contributed by atoms with Crippen molar-refractivity contribution in [3.8, 4) is 0 Å². The number of nitrogens with two attached hydrogens (primary N) is 3. The second kappa shape index (κ2) is 12.0. The van der Waals surface area contributed by atoms with Gasteiger partial charge in [-0.25, -0.2) is 28.6 Å². The van der Waals surface area contributed by atoms with E-state index in [0.29, 0.717) is 25.2 Å². The molecular weight excluding hydrogens is 575 g/mol. The highest BCUT2D eigenvalue weighted by molar-refractivity contribution is 7.66. The molecule has 2 unspecified atom stereocenters. The molecule has 3 rings (SSSR count). The first-order valence-electron chi connectivity index (χ1n) is 11.2. The Morgan fingerprint density at radius 3 is 2.42 bits per heavy atom. The van der Waals surface area contributed by atoms with Crippen LogP contribution in [0.15, 0.2) is 6.33 Å². The van der Waals surface area contributed by atoms with Crippen LogP contribution in [0.1, 0.15) is 37.9 Å². The standard InChI is InChI=1S/C16H30N7O12P3/c17-6-4-2-1-3-5-12-22-13-14(18)20-9-21-15(13)23(12)16(19)7-10(24)11(33-16)8-32-37(28,29)35-38(30,31)34-36(25,26)27/h9-11,24H,1-8,17,19H2,(H,28,29)(H,30,31)(H2,18,20,21)(H2,25,26,27)/t10-,11+,16-/m0/s1. The van der Waals surface area contributed by atoms with Crippen LogP contribution in [0.2, 0.25) is 0 Å². The number of nitrogen functional groups attached to an aromatic ring is 1. The molecule has 3 heterocycles. The van der Waals surface area contributed by atoms with Gasteiger partial charge >= 0.3 is 23.5 Å². The summed E-state index contributed by atoms with van der Waals surface area (Å²) in [5.74, 6) is -1.25. The van der Waals surface area contributed by atoms with Gasteiger partial charge in [-0.15, -0.1) is 0 Å². The summed E-state index contributed by atoms with van der Waals surface area (Å²) >= 11 is 0. The van der Waals surface area contributed by atoms with Crippen molar-refractivity contribution >= 4 is 40.4 Å². The molecule has 0 aliphatic carbocycles. The Kier molecular flexibility index (Phi) is 9.83. The van der Waals surface area contributed by atoms with E-state index in [-0.39, 0.29) is 23.4 Å². The summed E-state index contributed by atoms with van der Waals surface area (Å²) in [4.78, 5) is 48.8. The average Bonchev–Trinajstić information content (AvgIpc) is 3.28. The first-order valence-corrected chi connectivity index (χ1v) is 15.7. The van der Waals surface area contributed by atoms with Crippen LogP contribution in [0.5, 0.6) is 0 Å². The number of hydrogen-bond donors (Lipinski definition) is 8. The fourth-order valence-electron chi connectivity index (χ4n) is 3.88. The van der Waals surface area contributed by atoms with Gasteiger partial charge in [0.2, 0.25) is 5.85 Å². The molecule has 1 saturated heterocycles.